The number of alkyl halides is 6. The number of halogens is 6. The lowest BCUT2D eigenvalue weighted by Gasteiger charge is -2.21. The topological polar surface area (TPSA) is 124 Å². The van der Waals surface area contributed by atoms with Gasteiger partial charge in [-0.3, -0.25) is 0 Å². The van der Waals surface area contributed by atoms with Crippen molar-refractivity contribution in [2.24, 2.45) is 0 Å². The van der Waals surface area contributed by atoms with E-state index in [4.69, 9.17) is 28.4 Å². The Morgan fingerprint density at radius 2 is 0.545 bits per heavy atom. The first-order chi connectivity index (χ1) is 42.5. The number of esters is 4. The van der Waals surface area contributed by atoms with Crippen LogP contribution in [-0.4, -0.2) is 61.7 Å². The average molecular weight is 1220 g/mol. The fourth-order valence-electron chi connectivity index (χ4n) is 9.93. The van der Waals surface area contributed by atoms with E-state index in [-0.39, 0.29) is 46.6 Å². The zero-order valence-corrected chi connectivity index (χ0v) is 50.7. The first-order valence-electron chi connectivity index (χ1n) is 31.4. The summed E-state index contributed by atoms with van der Waals surface area (Å²) in [7, 11) is 0. The van der Waals surface area contributed by atoms with Crippen molar-refractivity contribution in [2.45, 2.75) is 193 Å². The molecule has 0 fully saturated rings. The van der Waals surface area contributed by atoms with E-state index in [2.05, 4.69) is 13.8 Å². The molecule has 0 bridgehead atoms. The Balaban J connectivity index is 0.807. The molecule has 6 aromatic carbocycles. The van der Waals surface area contributed by atoms with E-state index in [1.807, 2.05) is 48.5 Å². The number of carbonyl (C=O) groups excluding carboxylic acids is 4. The van der Waals surface area contributed by atoms with Crippen molar-refractivity contribution in [2.75, 3.05) is 13.2 Å². The van der Waals surface area contributed by atoms with Gasteiger partial charge in [-0.05, 0) is 158 Å². The molecule has 10 nitrogen and oxygen atoms in total. The molecule has 0 aromatic heterocycles. The van der Waals surface area contributed by atoms with Gasteiger partial charge in [0.25, 0.3) is 0 Å². The maximum absolute atomic E-state index is 14.0. The molecule has 0 unspecified atom stereocenters. The van der Waals surface area contributed by atoms with E-state index >= 15 is 0 Å². The van der Waals surface area contributed by atoms with Crippen molar-refractivity contribution in [3.8, 4) is 45.3 Å². The van der Waals surface area contributed by atoms with Crippen molar-refractivity contribution >= 4 is 23.9 Å². The molecular weight excluding hydrogens is 1140 g/mol. The number of unbranched alkanes of at least 4 members (excludes halogenated alkanes) is 19. The highest BCUT2D eigenvalue weighted by atomic mass is 19.4. The first-order valence-corrected chi connectivity index (χ1v) is 31.4. The Kier molecular flexibility index (Phi) is 29.4. The Labute approximate surface area is 514 Å². The molecule has 6 aromatic rings. The lowest BCUT2D eigenvalue weighted by Crippen LogP contribution is -2.33. The summed E-state index contributed by atoms with van der Waals surface area (Å²) in [6.45, 7) is 5.73. The molecule has 0 spiro atoms. The summed E-state index contributed by atoms with van der Waals surface area (Å²) in [5.41, 5.74) is 3.95. The Bertz CT molecular complexity index is 2780. The maximum Gasteiger partial charge on any atom is 0.425 e. The summed E-state index contributed by atoms with van der Waals surface area (Å²) < 4.78 is 116. The van der Waals surface area contributed by atoms with Crippen LogP contribution in [0, 0.1) is 0 Å². The summed E-state index contributed by atoms with van der Waals surface area (Å²) in [5, 5.41) is 0. The van der Waals surface area contributed by atoms with Gasteiger partial charge in [-0.1, -0.05) is 178 Å². The SMILES string of the molecule is CCCCCCCCOc1ccc(-c2ccc(C(=O)Oc3ccc(C(=O)O[C@@H](CCCCCCCCCCCC[C@H](OC(=O)c4ccc(OC(=O)c5ccc(-c6ccc(OCCCCCCCC)cc6)cc5)cc4)C(F)(F)F)C(F)(F)F)cc3)cc2)cc1. The third-order valence-electron chi connectivity index (χ3n) is 15.2. The van der Waals surface area contributed by atoms with Gasteiger partial charge in [-0.2, -0.15) is 26.3 Å². The number of benzene rings is 6. The van der Waals surface area contributed by atoms with Gasteiger partial charge >= 0.3 is 36.2 Å². The summed E-state index contributed by atoms with van der Waals surface area (Å²) >= 11 is 0. The van der Waals surface area contributed by atoms with E-state index in [0.29, 0.717) is 38.9 Å². The van der Waals surface area contributed by atoms with Crippen LogP contribution in [0.4, 0.5) is 26.3 Å². The Morgan fingerprint density at radius 3 is 0.841 bits per heavy atom. The molecule has 0 radical (unpaired) electrons. The van der Waals surface area contributed by atoms with Gasteiger partial charge in [0.05, 0.1) is 35.5 Å². The van der Waals surface area contributed by atoms with Crippen LogP contribution in [0.15, 0.2) is 146 Å². The highest BCUT2D eigenvalue weighted by molar-refractivity contribution is 5.93. The predicted molar refractivity (Wildman–Crippen MR) is 330 cm³/mol. The quantitative estimate of drug-likeness (QED) is 0.0159. The van der Waals surface area contributed by atoms with Crippen molar-refractivity contribution < 1.29 is 73.9 Å². The first kappa shape index (κ1) is 69.5. The smallest absolute Gasteiger partial charge is 0.425 e. The monoisotopic (exact) mass is 1220 g/mol. The fraction of sp³-hybridized carbons (Fsp3) is 0.444. The third kappa shape index (κ3) is 24.9. The Hall–Kier alpha value is -7.62. The van der Waals surface area contributed by atoms with Crippen LogP contribution >= 0.6 is 0 Å². The van der Waals surface area contributed by atoms with Crippen LogP contribution < -0.4 is 18.9 Å². The lowest BCUT2D eigenvalue weighted by atomic mass is 10.0. The summed E-state index contributed by atoms with van der Waals surface area (Å²) in [6, 6.07) is 39.4. The standard InChI is InChI=1S/C72H84F6O10/c1-3-5-7-9-19-23-51-83-61-43-35-55(36-44-61)53-27-31-57(32-28-53)67(79)85-63-47-39-59(40-48-63)69(81)87-65(71(73,74)75)25-21-17-15-13-11-12-14-16-18-22-26-66(72(76,77)78)88-70(82)60-41-49-64(50-42-60)86-68(80)58-33-29-54(30-34-58)56-37-45-62(46-38-56)84-52-24-20-10-8-6-4-2/h27-50,65-66H,3-26,51-52H2,1-2H3/t65-,66-/m0/s1. The molecule has 0 aliphatic rings. The number of ether oxygens (including phenoxy) is 6. The molecule has 474 valence electrons. The molecule has 0 heterocycles. The second kappa shape index (κ2) is 37.3. The minimum Gasteiger partial charge on any atom is -0.494 e. The minimum absolute atomic E-state index is 0.0926. The number of hydrogen-bond donors (Lipinski definition) is 0. The van der Waals surface area contributed by atoms with Gasteiger partial charge in [-0.15, -0.1) is 0 Å². The summed E-state index contributed by atoms with van der Waals surface area (Å²) in [5.74, 6) is -1.85. The number of rotatable bonds is 39. The third-order valence-corrected chi connectivity index (χ3v) is 15.2. The molecule has 2 atom stereocenters. The summed E-state index contributed by atoms with van der Waals surface area (Å²) in [6.07, 6.45) is 4.91. The highest BCUT2D eigenvalue weighted by Crippen LogP contribution is 2.32. The van der Waals surface area contributed by atoms with E-state index in [1.165, 1.54) is 99.9 Å². The van der Waals surface area contributed by atoms with Gasteiger partial charge in [0.15, 0.2) is 12.2 Å². The molecule has 0 saturated heterocycles. The van der Waals surface area contributed by atoms with Crippen molar-refractivity contribution in [1.82, 2.24) is 0 Å². The van der Waals surface area contributed by atoms with Gasteiger partial charge in [0.2, 0.25) is 0 Å². The second-order valence-corrected chi connectivity index (χ2v) is 22.2. The van der Waals surface area contributed by atoms with Gasteiger partial charge < -0.3 is 28.4 Å². The Morgan fingerprint density at radius 1 is 0.307 bits per heavy atom. The van der Waals surface area contributed by atoms with Crippen molar-refractivity contribution in [1.29, 1.82) is 0 Å². The molecule has 16 heteroatoms. The van der Waals surface area contributed by atoms with E-state index < -0.39 is 61.3 Å². The number of carbonyl (C=O) groups is 4. The average Bonchev–Trinajstić information content (AvgIpc) is 3.19. The van der Waals surface area contributed by atoms with Crippen LogP contribution in [0.2, 0.25) is 0 Å². The largest absolute Gasteiger partial charge is 0.494 e. The molecule has 0 amide bonds. The zero-order chi connectivity index (χ0) is 63.0. The van der Waals surface area contributed by atoms with Gasteiger partial charge in [0.1, 0.15) is 23.0 Å². The molecule has 0 aliphatic heterocycles. The molecule has 0 saturated carbocycles. The number of hydrogen-bond acceptors (Lipinski definition) is 10. The van der Waals surface area contributed by atoms with Gasteiger partial charge in [-0.25, -0.2) is 19.2 Å². The molecule has 88 heavy (non-hydrogen) atoms. The van der Waals surface area contributed by atoms with Crippen LogP contribution in [0.5, 0.6) is 23.0 Å². The molecule has 0 aliphatic carbocycles. The van der Waals surface area contributed by atoms with Crippen LogP contribution in [0.3, 0.4) is 0 Å². The highest BCUT2D eigenvalue weighted by Gasteiger charge is 2.43. The predicted octanol–water partition coefficient (Wildman–Crippen LogP) is 20.5. The van der Waals surface area contributed by atoms with Crippen molar-refractivity contribution in [3.63, 3.8) is 0 Å². The van der Waals surface area contributed by atoms with Gasteiger partial charge in [0, 0.05) is 0 Å². The van der Waals surface area contributed by atoms with E-state index in [9.17, 15) is 45.5 Å². The van der Waals surface area contributed by atoms with Crippen LogP contribution in [-0.2, 0) is 9.47 Å². The minimum atomic E-state index is -4.78. The lowest BCUT2D eigenvalue weighted by molar-refractivity contribution is -0.206. The van der Waals surface area contributed by atoms with Crippen LogP contribution in [0.1, 0.15) is 209 Å². The normalized spacial score (nSPS) is 12.2. The van der Waals surface area contributed by atoms with E-state index in [0.717, 1.165) is 85.1 Å². The fourth-order valence-corrected chi connectivity index (χ4v) is 9.93. The molecular formula is C72H84F6O10. The second-order valence-electron chi connectivity index (χ2n) is 22.2. The van der Waals surface area contributed by atoms with Crippen molar-refractivity contribution in [3.05, 3.63) is 168 Å². The van der Waals surface area contributed by atoms with Crippen LogP contribution in [0.25, 0.3) is 22.3 Å². The zero-order valence-electron chi connectivity index (χ0n) is 50.7. The molecule has 0 N–H and O–H groups in total. The maximum atomic E-state index is 14.0. The van der Waals surface area contributed by atoms with E-state index in [1.54, 1.807) is 48.5 Å². The molecule has 6 rings (SSSR count). The summed E-state index contributed by atoms with van der Waals surface area (Å²) in [4.78, 5) is 51.5.